The number of aromatic carboxylic acids is 1. The van der Waals surface area contributed by atoms with Crippen LogP contribution in [0.1, 0.15) is 46.4 Å². The molecule has 0 amide bonds. The number of benzene rings is 2. The number of hydrogen-bond donors (Lipinski definition) is 6. The Hall–Kier alpha value is -3.78. The largest absolute Gasteiger partial charge is 0.478 e. The van der Waals surface area contributed by atoms with Crippen molar-refractivity contribution in [1.82, 2.24) is 10.3 Å². The molecule has 0 radical (unpaired) electrons. The summed E-state index contributed by atoms with van der Waals surface area (Å²) in [4.78, 5) is 11.7. The second-order valence-corrected chi connectivity index (χ2v) is 7.40. The number of hydrazine groups is 1. The van der Waals surface area contributed by atoms with Crippen LogP contribution in [-0.4, -0.2) is 35.9 Å². The number of rotatable bonds is 6. The van der Waals surface area contributed by atoms with Crippen LogP contribution in [0, 0.1) is 5.41 Å². The monoisotopic (exact) mass is 420 g/mol. The number of nitrogens with zero attached hydrogens (tertiary/aromatic N) is 1. The summed E-state index contributed by atoms with van der Waals surface area (Å²) < 4.78 is 0. The normalized spacial score (nSPS) is 18.0. The Balaban J connectivity index is 2.17. The van der Waals surface area contributed by atoms with Crippen molar-refractivity contribution < 1.29 is 9.90 Å². The Bertz CT molecular complexity index is 1060. The quantitative estimate of drug-likeness (QED) is 0.312. The number of fused-ring (bicyclic) bond motifs is 1. The highest BCUT2D eigenvalue weighted by molar-refractivity contribution is 6.08. The number of allylic oxidation sites excluding steroid dienone is 2. The third kappa shape index (κ3) is 4.54. The number of carboxylic acid groups (broad SMARTS) is 1. The fraction of sp³-hybridized carbons (Fsp3) is 0.217. The molecule has 0 saturated carbocycles. The number of carboxylic acids is 1. The minimum absolute atomic E-state index is 0.204. The van der Waals surface area contributed by atoms with Crippen molar-refractivity contribution in [2.24, 2.45) is 11.6 Å². The summed E-state index contributed by atoms with van der Waals surface area (Å²) in [5.41, 5.74) is 11.7. The van der Waals surface area contributed by atoms with Crippen LogP contribution in [0.5, 0.6) is 0 Å². The predicted octanol–water partition coefficient (Wildman–Crippen LogP) is 2.97. The van der Waals surface area contributed by atoms with Crippen LogP contribution in [0.25, 0.3) is 11.3 Å². The van der Waals surface area contributed by atoms with Gasteiger partial charge in [-0.1, -0.05) is 24.3 Å². The molecule has 0 spiro atoms. The van der Waals surface area contributed by atoms with Crippen LogP contribution in [0.15, 0.2) is 54.4 Å². The Labute approximate surface area is 181 Å². The van der Waals surface area contributed by atoms with Gasteiger partial charge in [0.1, 0.15) is 0 Å². The maximum atomic E-state index is 11.7. The van der Waals surface area contributed by atoms with E-state index in [1.165, 1.54) is 6.21 Å². The summed E-state index contributed by atoms with van der Waals surface area (Å²) in [6.07, 6.45) is 3.68. The molecule has 8 N–H and O–H groups in total. The molecule has 8 heteroatoms. The molecule has 0 saturated heterocycles. The topological polar surface area (TPSA) is 140 Å². The number of nitrogens with one attached hydrogen (secondary N) is 3. The van der Waals surface area contributed by atoms with Gasteiger partial charge in [-0.15, -0.1) is 0 Å². The maximum absolute atomic E-state index is 11.7. The van der Waals surface area contributed by atoms with Crippen LogP contribution >= 0.6 is 0 Å². The second-order valence-electron chi connectivity index (χ2n) is 7.40. The highest BCUT2D eigenvalue weighted by atomic mass is 16.4. The van der Waals surface area contributed by atoms with Crippen LogP contribution < -0.4 is 22.2 Å². The highest BCUT2D eigenvalue weighted by Crippen LogP contribution is 2.37. The molecule has 3 rings (SSSR count). The van der Waals surface area contributed by atoms with E-state index in [2.05, 4.69) is 10.6 Å². The molecule has 1 unspecified atom stereocenters. The zero-order chi connectivity index (χ0) is 22.5. The van der Waals surface area contributed by atoms with Gasteiger partial charge in [-0.25, -0.2) is 10.6 Å². The summed E-state index contributed by atoms with van der Waals surface area (Å²) in [7, 11) is 1.78. The Morgan fingerprint density at radius 3 is 2.68 bits per heavy atom. The number of para-hydroxylation sites is 1. The summed E-state index contributed by atoms with van der Waals surface area (Å²) in [6, 6.07) is 12.5. The van der Waals surface area contributed by atoms with Crippen molar-refractivity contribution in [3.63, 3.8) is 0 Å². The summed E-state index contributed by atoms with van der Waals surface area (Å²) >= 11 is 0. The van der Waals surface area contributed by atoms with Gasteiger partial charge in [0.15, 0.2) is 0 Å². The summed E-state index contributed by atoms with van der Waals surface area (Å²) in [6.45, 7) is 2.34. The van der Waals surface area contributed by atoms with Gasteiger partial charge in [-0.05, 0) is 42.7 Å². The van der Waals surface area contributed by atoms with Crippen LogP contribution in [0.3, 0.4) is 0 Å². The molecule has 2 aromatic rings. The van der Waals surface area contributed by atoms with E-state index >= 15 is 0 Å². The molecule has 0 bridgehead atoms. The van der Waals surface area contributed by atoms with E-state index in [-0.39, 0.29) is 11.6 Å². The van der Waals surface area contributed by atoms with E-state index in [1.54, 1.807) is 42.5 Å². The van der Waals surface area contributed by atoms with E-state index in [0.717, 1.165) is 28.0 Å². The van der Waals surface area contributed by atoms with Gasteiger partial charge in [0, 0.05) is 48.5 Å². The van der Waals surface area contributed by atoms with E-state index in [0.29, 0.717) is 24.4 Å². The van der Waals surface area contributed by atoms with E-state index in [9.17, 15) is 9.90 Å². The first-order chi connectivity index (χ1) is 14.9. The molecule has 1 atom stereocenters. The number of nitrogens with two attached hydrogens (primary N) is 2. The molecular weight excluding hydrogens is 392 g/mol. The minimum atomic E-state index is -0.993. The van der Waals surface area contributed by atoms with Crippen molar-refractivity contribution >= 4 is 29.1 Å². The second kappa shape index (κ2) is 9.36. The number of carbonyl (C=O) groups is 1. The van der Waals surface area contributed by atoms with Gasteiger partial charge in [0.2, 0.25) is 0 Å². The molecular formula is C23H28N6O2. The van der Waals surface area contributed by atoms with Crippen molar-refractivity contribution in [2.45, 2.75) is 19.4 Å². The smallest absolute Gasteiger partial charge is 0.337 e. The number of anilines is 1. The zero-order valence-corrected chi connectivity index (χ0v) is 17.6. The molecule has 1 aliphatic heterocycles. The SMILES string of the molecule is CN/C=C(\C=N)c1ccc2c(c1)C(Nc1ccccc1C(=O)O)CCN(N)/C2=C(/C)N. The molecule has 0 fully saturated rings. The van der Waals surface area contributed by atoms with Gasteiger partial charge in [0.05, 0.1) is 17.3 Å². The van der Waals surface area contributed by atoms with E-state index in [1.807, 2.05) is 25.1 Å². The first-order valence-corrected chi connectivity index (χ1v) is 9.97. The van der Waals surface area contributed by atoms with Gasteiger partial charge >= 0.3 is 5.97 Å². The molecule has 31 heavy (non-hydrogen) atoms. The number of hydrogen-bond acceptors (Lipinski definition) is 7. The molecule has 162 valence electrons. The fourth-order valence-electron chi connectivity index (χ4n) is 3.87. The third-order valence-electron chi connectivity index (χ3n) is 5.28. The standard InChI is InChI=1S/C23H28N6O2/c1-14(25)22-17-8-7-15(16(12-24)13-27-2)11-19(17)21(9-10-29(22)26)28-20-6-4-3-5-18(20)23(30)31/h3-8,11-13,21,24,27-28H,9-10,25-26H2,1-2H3,(H,30,31)/b16-13+,22-14-,24-12?. The van der Waals surface area contributed by atoms with Crippen molar-refractivity contribution in [1.29, 1.82) is 5.41 Å². The molecule has 2 aromatic carbocycles. The first-order valence-electron chi connectivity index (χ1n) is 9.97. The van der Waals surface area contributed by atoms with Crippen molar-refractivity contribution in [3.05, 3.63) is 76.6 Å². The maximum Gasteiger partial charge on any atom is 0.337 e. The summed E-state index contributed by atoms with van der Waals surface area (Å²) in [5.74, 6) is 5.32. The van der Waals surface area contributed by atoms with Crippen molar-refractivity contribution in [2.75, 3.05) is 18.9 Å². The molecule has 1 heterocycles. The molecule has 0 aliphatic carbocycles. The van der Waals surface area contributed by atoms with Crippen LogP contribution in [-0.2, 0) is 0 Å². The van der Waals surface area contributed by atoms with E-state index < -0.39 is 5.97 Å². The fourth-order valence-corrected chi connectivity index (χ4v) is 3.87. The lowest BCUT2D eigenvalue weighted by Gasteiger charge is -2.23. The minimum Gasteiger partial charge on any atom is -0.478 e. The predicted molar refractivity (Wildman–Crippen MR) is 124 cm³/mol. The first kappa shape index (κ1) is 21.9. The van der Waals surface area contributed by atoms with Crippen LogP contribution in [0.4, 0.5) is 5.69 Å². The van der Waals surface area contributed by atoms with Crippen molar-refractivity contribution in [3.8, 4) is 0 Å². The molecule has 8 nitrogen and oxygen atoms in total. The molecule has 0 aromatic heterocycles. The average molecular weight is 421 g/mol. The zero-order valence-electron chi connectivity index (χ0n) is 17.6. The Morgan fingerprint density at radius 1 is 1.29 bits per heavy atom. The van der Waals surface area contributed by atoms with Gasteiger partial charge in [-0.2, -0.15) is 0 Å². The van der Waals surface area contributed by atoms with Gasteiger partial charge in [0.25, 0.3) is 0 Å². The Kier molecular flexibility index (Phi) is 6.61. The lowest BCUT2D eigenvalue weighted by molar-refractivity contribution is 0.0698. The lowest BCUT2D eigenvalue weighted by atomic mass is 9.92. The Morgan fingerprint density at radius 2 is 2.03 bits per heavy atom. The summed E-state index contributed by atoms with van der Waals surface area (Å²) in [5, 5.41) is 25.3. The highest BCUT2D eigenvalue weighted by Gasteiger charge is 2.27. The van der Waals surface area contributed by atoms with E-state index in [4.69, 9.17) is 17.0 Å². The average Bonchev–Trinajstić information content (AvgIpc) is 2.88. The lowest BCUT2D eigenvalue weighted by Crippen LogP contribution is -2.31. The van der Waals surface area contributed by atoms with Gasteiger partial charge in [-0.3, -0.25) is 0 Å². The molecule has 1 aliphatic rings. The van der Waals surface area contributed by atoms with Gasteiger partial charge < -0.3 is 31.9 Å². The van der Waals surface area contributed by atoms with Crippen LogP contribution in [0.2, 0.25) is 0 Å². The third-order valence-corrected chi connectivity index (χ3v) is 5.28.